The maximum atomic E-state index is 12.3. The number of nitrogens with zero attached hydrogens (tertiary/aromatic N) is 2. The number of amidine groups is 1. The molecule has 0 saturated heterocycles. The monoisotopic (exact) mass is 389 g/mol. The Morgan fingerprint density at radius 2 is 2.07 bits per heavy atom. The summed E-state index contributed by atoms with van der Waals surface area (Å²) in [6, 6.07) is 9.98. The Morgan fingerprint density at radius 3 is 2.85 bits per heavy atom. The second-order valence-corrected chi connectivity index (χ2v) is 8.13. The lowest BCUT2D eigenvalue weighted by Crippen LogP contribution is -2.38. The molecule has 1 aromatic rings. The molecule has 0 fully saturated rings. The van der Waals surface area contributed by atoms with Gasteiger partial charge in [0.25, 0.3) is 15.9 Å². The normalized spacial score (nSPS) is 18.9. The van der Waals surface area contributed by atoms with Gasteiger partial charge in [-0.1, -0.05) is 30.3 Å². The molecular weight excluding hydrogens is 366 g/mol. The molecule has 0 radical (unpaired) electrons. The molecule has 27 heavy (non-hydrogen) atoms. The topological polar surface area (TPSA) is 88.1 Å². The van der Waals surface area contributed by atoms with E-state index in [-0.39, 0.29) is 17.8 Å². The Bertz CT molecular complexity index is 875. The summed E-state index contributed by atoms with van der Waals surface area (Å²) in [5.74, 6) is 0.100. The van der Waals surface area contributed by atoms with Gasteiger partial charge in [-0.3, -0.25) is 4.79 Å². The Hall–Kier alpha value is -2.45. The van der Waals surface area contributed by atoms with E-state index in [2.05, 4.69) is 9.71 Å². The van der Waals surface area contributed by atoms with Crippen molar-refractivity contribution < 1.29 is 17.9 Å². The first-order chi connectivity index (χ1) is 12.9. The average Bonchev–Trinajstić information content (AvgIpc) is 2.67. The zero-order valence-electron chi connectivity index (χ0n) is 15.2. The third-order valence-electron chi connectivity index (χ3n) is 4.33. The summed E-state index contributed by atoms with van der Waals surface area (Å²) < 4.78 is 32.5. The Balaban J connectivity index is 1.41. The first-order valence-electron chi connectivity index (χ1n) is 8.88. The van der Waals surface area contributed by atoms with Crippen LogP contribution in [-0.2, 0) is 19.6 Å². The van der Waals surface area contributed by atoms with Crippen molar-refractivity contribution in [3.8, 4) is 0 Å². The van der Waals surface area contributed by atoms with E-state index in [1.165, 1.54) is 0 Å². The van der Waals surface area contributed by atoms with Gasteiger partial charge in [0.1, 0.15) is 5.84 Å². The van der Waals surface area contributed by atoms with Crippen LogP contribution in [0.1, 0.15) is 25.0 Å². The summed E-state index contributed by atoms with van der Waals surface area (Å²) in [4.78, 5) is 13.9. The quantitative estimate of drug-likeness (QED) is 0.718. The van der Waals surface area contributed by atoms with Gasteiger partial charge in [0.2, 0.25) is 0 Å². The number of hydrogen-bond donors (Lipinski definition) is 1. The van der Waals surface area contributed by atoms with E-state index in [0.717, 1.165) is 5.56 Å². The van der Waals surface area contributed by atoms with Crippen LogP contribution in [0, 0.1) is 0 Å². The number of carbonyl (C=O) groups is 1. The molecule has 8 heteroatoms. The van der Waals surface area contributed by atoms with E-state index in [4.69, 9.17) is 4.74 Å². The first kappa shape index (κ1) is 19.3. The van der Waals surface area contributed by atoms with Crippen molar-refractivity contribution in [3.63, 3.8) is 0 Å². The lowest BCUT2D eigenvalue weighted by molar-refractivity contribution is -0.117. The van der Waals surface area contributed by atoms with Gasteiger partial charge >= 0.3 is 0 Å². The number of amides is 1. The molecule has 144 valence electrons. The van der Waals surface area contributed by atoms with Crippen LogP contribution in [0.5, 0.6) is 0 Å². The zero-order valence-corrected chi connectivity index (χ0v) is 16.0. The summed E-state index contributed by atoms with van der Waals surface area (Å²) in [6.07, 6.45) is 5.49. The van der Waals surface area contributed by atoms with Gasteiger partial charge in [-0.15, -0.1) is 4.40 Å². The highest BCUT2D eigenvalue weighted by molar-refractivity contribution is 7.90. The number of nitrogens with one attached hydrogen (secondary N) is 1. The summed E-state index contributed by atoms with van der Waals surface area (Å²) in [5, 5.41) is 2.85. The van der Waals surface area contributed by atoms with Crippen LogP contribution >= 0.6 is 0 Å². The van der Waals surface area contributed by atoms with Crippen LogP contribution in [0.2, 0.25) is 0 Å². The highest BCUT2D eigenvalue weighted by Gasteiger charge is 2.24. The molecule has 1 amide bonds. The number of ether oxygens (including phenoxy) is 1. The fraction of sp³-hybridized carbons (Fsp3) is 0.368. The number of benzene rings is 1. The highest BCUT2D eigenvalue weighted by atomic mass is 32.2. The van der Waals surface area contributed by atoms with E-state index < -0.39 is 10.0 Å². The molecule has 2 aliphatic heterocycles. The van der Waals surface area contributed by atoms with E-state index in [1.54, 1.807) is 23.3 Å². The molecule has 0 aliphatic carbocycles. The van der Waals surface area contributed by atoms with Gasteiger partial charge in [0, 0.05) is 25.9 Å². The van der Waals surface area contributed by atoms with Crippen molar-refractivity contribution >= 4 is 21.8 Å². The molecule has 1 atom stereocenters. The molecule has 1 unspecified atom stereocenters. The third kappa shape index (κ3) is 5.27. The summed E-state index contributed by atoms with van der Waals surface area (Å²) in [6.45, 7) is 3.35. The minimum atomic E-state index is -3.39. The molecule has 1 aromatic carbocycles. The molecular formula is C19H23N3O4S. The van der Waals surface area contributed by atoms with Gasteiger partial charge in [-0.25, -0.2) is 8.42 Å². The molecule has 1 N–H and O–H groups in total. The smallest absolute Gasteiger partial charge is 0.256 e. The standard InChI is InChI=1S/C19H23N3O4S/c1-15(16-6-3-2-4-7-16)26-12-5-10-20-19(23)17-8-9-18-21-27(24,25)13-11-22(18)14-17/h2-4,6-9,14-15H,5,10-13H2,1H3,(H,20,23). The van der Waals surface area contributed by atoms with Crippen molar-refractivity contribution in [1.29, 1.82) is 0 Å². The van der Waals surface area contributed by atoms with Crippen molar-refractivity contribution in [3.05, 3.63) is 59.8 Å². The Morgan fingerprint density at radius 1 is 1.30 bits per heavy atom. The maximum Gasteiger partial charge on any atom is 0.256 e. The van der Waals surface area contributed by atoms with Crippen molar-refractivity contribution in [1.82, 2.24) is 10.2 Å². The second kappa shape index (κ2) is 8.49. The summed E-state index contributed by atoms with van der Waals surface area (Å²) in [5.41, 5.74) is 1.60. The van der Waals surface area contributed by atoms with E-state index >= 15 is 0 Å². The first-order valence-corrected chi connectivity index (χ1v) is 10.5. The molecule has 2 heterocycles. The van der Waals surface area contributed by atoms with Crippen LogP contribution in [0.25, 0.3) is 0 Å². The van der Waals surface area contributed by atoms with Crippen molar-refractivity contribution in [2.45, 2.75) is 19.4 Å². The SMILES string of the molecule is CC(OCCCNC(=O)C1=CN2CCS(=O)(=O)N=C2C=C1)c1ccccc1. The molecule has 7 nitrogen and oxygen atoms in total. The number of rotatable bonds is 7. The van der Waals surface area contributed by atoms with Crippen LogP contribution in [0.4, 0.5) is 0 Å². The van der Waals surface area contributed by atoms with Crippen molar-refractivity contribution in [2.24, 2.45) is 4.40 Å². The van der Waals surface area contributed by atoms with Crippen LogP contribution < -0.4 is 5.32 Å². The summed E-state index contributed by atoms with van der Waals surface area (Å²) >= 11 is 0. The molecule has 3 rings (SSSR count). The zero-order chi connectivity index (χ0) is 19.3. The van der Waals surface area contributed by atoms with Crippen molar-refractivity contribution in [2.75, 3.05) is 25.4 Å². The number of hydrogen-bond acceptors (Lipinski definition) is 5. The summed E-state index contributed by atoms with van der Waals surface area (Å²) in [7, 11) is -3.39. The lowest BCUT2D eigenvalue weighted by Gasteiger charge is -2.26. The third-order valence-corrected chi connectivity index (χ3v) is 5.49. The number of fused-ring (bicyclic) bond motifs is 1. The minimum absolute atomic E-state index is 0.0129. The van der Waals surface area contributed by atoms with E-state index in [1.807, 2.05) is 37.3 Å². The van der Waals surface area contributed by atoms with Gasteiger partial charge in [-0.05, 0) is 31.1 Å². The largest absolute Gasteiger partial charge is 0.374 e. The van der Waals surface area contributed by atoms with Gasteiger partial charge in [0.05, 0.1) is 17.4 Å². The number of carbonyl (C=O) groups excluding carboxylic acids is 1. The predicted molar refractivity (Wildman–Crippen MR) is 104 cm³/mol. The predicted octanol–water partition coefficient (Wildman–Crippen LogP) is 1.77. The fourth-order valence-corrected chi connectivity index (χ4v) is 3.76. The molecule has 0 saturated carbocycles. The molecule has 0 aromatic heterocycles. The minimum Gasteiger partial charge on any atom is -0.374 e. The highest BCUT2D eigenvalue weighted by Crippen LogP contribution is 2.17. The van der Waals surface area contributed by atoms with E-state index in [0.29, 0.717) is 37.5 Å². The Kier molecular flexibility index (Phi) is 6.08. The van der Waals surface area contributed by atoms with Crippen LogP contribution in [0.3, 0.4) is 0 Å². The number of sulfonamides is 1. The van der Waals surface area contributed by atoms with Gasteiger partial charge in [0.15, 0.2) is 0 Å². The molecule has 0 bridgehead atoms. The van der Waals surface area contributed by atoms with Gasteiger partial charge in [-0.2, -0.15) is 0 Å². The fourth-order valence-electron chi connectivity index (χ4n) is 2.79. The van der Waals surface area contributed by atoms with Crippen LogP contribution in [0.15, 0.2) is 58.7 Å². The average molecular weight is 389 g/mol. The lowest BCUT2D eigenvalue weighted by atomic mass is 10.1. The van der Waals surface area contributed by atoms with E-state index in [9.17, 15) is 13.2 Å². The Labute approximate surface area is 159 Å². The molecule has 0 spiro atoms. The van der Waals surface area contributed by atoms with Gasteiger partial charge < -0.3 is 15.0 Å². The second-order valence-electron chi connectivity index (χ2n) is 6.38. The maximum absolute atomic E-state index is 12.3. The van der Waals surface area contributed by atoms with Crippen LogP contribution in [-0.4, -0.2) is 50.5 Å². The molecule has 2 aliphatic rings.